The van der Waals surface area contributed by atoms with Gasteiger partial charge in [0, 0.05) is 50.4 Å². The van der Waals surface area contributed by atoms with Crippen LogP contribution < -0.4 is 4.90 Å². The number of amides is 1. The first-order valence-electron chi connectivity index (χ1n) is 8.31. The van der Waals surface area contributed by atoms with Crippen LogP contribution in [-0.4, -0.2) is 33.7 Å². The van der Waals surface area contributed by atoms with Gasteiger partial charge >= 0.3 is 0 Å². The van der Waals surface area contributed by atoms with Crippen LogP contribution in [0.3, 0.4) is 0 Å². The summed E-state index contributed by atoms with van der Waals surface area (Å²) < 4.78 is 2.00. The molecule has 120 valence electrons. The van der Waals surface area contributed by atoms with Crippen molar-refractivity contribution >= 4 is 17.4 Å². The van der Waals surface area contributed by atoms with Gasteiger partial charge in [-0.05, 0) is 24.5 Å². The van der Waals surface area contributed by atoms with Gasteiger partial charge in [-0.15, -0.1) is 0 Å². The average Bonchev–Trinajstić information content (AvgIpc) is 2.90. The third-order valence-electron chi connectivity index (χ3n) is 5.03. The molecule has 0 saturated heterocycles. The van der Waals surface area contributed by atoms with Crippen LogP contribution in [0.25, 0.3) is 0 Å². The Morgan fingerprint density at radius 3 is 2.83 bits per heavy atom. The van der Waals surface area contributed by atoms with Gasteiger partial charge in [-0.3, -0.25) is 9.48 Å². The molecular weight excluding hydrogens is 288 g/mol. The zero-order valence-electron chi connectivity index (χ0n) is 13.7. The van der Waals surface area contributed by atoms with E-state index >= 15 is 0 Å². The Morgan fingerprint density at radius 2 is 2.00 bits per heavy atom. The maximum atomic E-state index is 11.8. The monoisotopic (exact) mass is 310 g/mol. The third-order valence-corrected chi connectivity index (χ3v) is 5.03. The highest BCUT2D eigenvalue weighted by Crippen LogP contribution is 2.37. The lowest BCUT2D eigenvalue weighted by atomic mass is 10.0. The molecule has 1 aromatic carbocycles. The Morgan fingerprint density at radius 1 is 1.17 bits per heavy atom. The van der Waals surface area contributed by atoms with Gasteiger partial charge in [0.25, 0.3) is 0 Å². The first-order valence-corrected chi connectivity index (χ1v) is 8.31. The van der Waals surface area contributed by atoms with Crippen molar-refractivity contribution < 1.29 is 4.79 Å². The highest BCUT2D eigenvalue weighted by atomic mass is 16.2. The molecule has 2 aromatic rings. The molecule has 5 nitrogen and oxygen atoms in total. The molecule has 0 unspecified atom stereocenters. The van der Waals surface area contributed by atoms with E-state index in [9.17, 15) is 4.79 Å². The number of fused-ring (bicyclic) bond motifs is 2. The molecule has 0 N–H and O–H groups in total. The summed E-state index contributed by atoms with van der Waals surface area (Å²) in [5.41, 5.74) is 5.13. The van der Waals surface area contributed by atoms with E-state index in [1.165, 1.54) is 22.5 Å². The Kier molecular flexibility index (Phi) is 3.36. The fourth-order valence-electron chi connectivity index (χ4n) is 3.81. The van der Waals surface area contributed by atoms with Gasteiger partial charge in [-0.1, -0.05) is 18.2 Å². The molecule has 0 radical (unpaired) electrons. The van der Waals surface area contributed by atoms with Crippen LogP contribution in [0, 0.1) is 0 Å². The number of aryl methyl sites for hydroxylation is 2. The van der Waals surface area contributed by atoms with Crippen LogP contribution in [0.1, 0.15) is 30.2 Å². The quantitative estimate of drug-likeness (QED) is 0.812. The van der Waals surface area contributed by atoms with E-state index in [0.717, 1.165) is 38.2 Å². The number of carbonyl (C=O) groups is 1. The number of benzene rings is 1. The number of carbonyl (C=O) groups excluding carboxylic acids is 1. The highest BCUT2D eigenvalue weighted by molar-refractivity contribution is 5.75. The van der Waals surface area contributed by atoms with E-state index in [4.69, 9.17) is 5.10 Å². The summed E-state index contributed by atoms with van der Waals surface area (Å²) in [6, 6.07) is 8.59. The van der Waals surface area contributed by atoms with Crippen molar-refractivity contribution in [3.05, 3.63) is 41.1 Å². The maximum absolute atomic E-state index is 11.8. The van der Waals surface area contributed by atoms with Crippen molar-refractivity contribution in [2.75, 3.05) is 18.0 Å². The van der Waals surface area contributed by atoms with Crippen LogP contribution in [0.15, 0.2) is 24.3 Å². The van der Waals surface area contributed by atoms with E-state index in [2.05, 4.69) is 29.2 Å². The molecule has 23 heavy (non-hydrogen) atoms. The van der Waals surface area contributed by atoms with Crippen LogP contribution in [0.2, 0.25) is 0 Å². The van der Waals surface area contributed by atoms with Crippen molar-refractivity contribution in [2.45, 2.75) is 32.7 Å². The number of anilines is 2. The van der Waals surface area contributed by atoms with Gasteiger partial charge in [0.2, 0.25) is 5.91 Å². The minimum atomic E-state index is 0.143. The van der Waals surface area contributed by atoms with E-state index in [-0.39, 0.29) is 5.91 Å². The van der Waals surface area contributed by atoms with Crippen molar-refractivity contribution in [1.29, 1.82) is 0 Å². The molecule has 1 amide bonds. The molecule has 3 heterocycles. The lowest BCUT2D eigenvalue weighted by Gasteiger charge is -2.32. The second-order valence-electron chi connectivity index (χ2n) is 6.45. The van der Waals surface area contributed by atoms with Gasteiger partial charge in [-0.25, -0.2) is 0 Å². The van der Waals surface area contributed by atoms with Gasteiger partial charge in [0.05, 0.1) is 6.54 Å². The molecule has 4 rings (SSSR count). The fourth-order valence-corrected chi connectivity index (χ4v) is 3.81. The van der Waals surface area contributed by atoms with E-state index in [1.807, 2.05) is 16.6 Å². The number of hydrogen-bond acceptors (Lipinski definition) is 3. The predicted molar refractivity (Wildman–Crippen MR) is 89.8 cm³/mol. The van der Waals surface area contributed by atoms with Crippen LogP contribution in [0.5, 0.6) is 0 Å². The van der Waals surface area contributed by atoms with Gasteiger partial charge < -0.3 is 9.80 Å². The Hall–Kier alpha value is -2.30. The summed E-state index contributed by atoms with van der Waals surface area (Å²) in [4.78, 5) is 16.0. The minimum Gasteiger partial charge on any atom is -0.338 e. The predicted octanol–water partition coefficient (Wildman–Crippen LogP) is 2.41. The highest BCUT2D eigenvalue weighted by Gasteiger charge is 2.29. The topological polar surface area (TPSA) is 41.4 Å². The molecule has 0 atom stereocenters. The van der Waals surface area contributed by atoms with Gasteiger partial charge in [0.1, 0.15) is 0 Å². The van der Waals surface area contributed by atoms with Gasteiger partial charge in [0.15, 0.2) is 5.82 Å². The largest absolute Gasteiger partial charge is 0.338 e. The summed E-state index contributed by atoms with van der Waals surface area (Å²) in [6.07, 6.45) is 3.15. The number of para-hydroxylation sites is 1. The zero-order chi connectivity index (χ0) is 16.0. The smallest absolute Gasteiger partial charge is 0.219 e. The summed E-state index contributed by atoms with van der Waals surface area (Å²) in [6.45, 7) is 4.10. The second-order valence-corrected chi connectivity index (χ2v) is 6.45. The van der Waals surface area contributed by atoms with E-state index in [0.29, 0.717) is 6.54 Å². The maximum Gasteiger partial charge on any atom is 0.219 e. The lowest BCUT2D eigenvalue weighted by molar-refractivity contribution is -0.129. The number of nitrogens with zero attached hydrogens (tertiary/aromatic N) is 4. The van der Waals surface area contributed by atoms with E-state index < -0.39 is 0 Å². The first kappa shape index (κ1) is 14.3. The summed E-state index contributed by atoms with van der Waals surface area (Å²) in [7, 11) is 2.02. The van der Waals surface area contributed by atoms with Crippen molar-refractivity contribution in [3.63, 3.8) is 0 Å². The Balaban J connectivity index is 1.78. The number of aromatic nitrogens is 2. The molecule has 0 fully saturated rings. The normalized spacial score (nSPS) is 17.0. The summed E-state index contributed by atoms with van der Waals surface area (Å²) >= 11 is 0. The zero-order valence-corrected chi connectivity index (χ0v) is 13.7. The third kappa shape index (κ3) is 2.31. The molecule has 0 spiro atoms. The number of hydrogen-bond donors (Lipinski definition) is 0. The molecule has 0 saturated carbocycles. The van der Waals surface area contributed by atoms with Crippen LogP contribution in [-0.2, 0) is 31.2 Å². The van der Waals surface area contributed by atoms with Gasteiger partial charge in [-0.2, -0.15) is 5.10 Å². The van der Waals surface area contributed by atoms with Crippen LogP contribution in [0.4, 0.5) is 11.5 Å². The Bertz CT molecular complexity index is 764. The minimum absolute atomic E-state index is 0.143. The summed E-state index contributed by atoms with van der Waals surface area (Å²) in [5.74, 6) is 1.17. The fraction of sp³-hybridized carbons (Fsp3) is 0.444. The molecule has 5 heteroatoms. The van der Waals surface area contributed by atoms with Crippen molar-refractivity contribution in [2.24, 2.45) is 7.05 Å². The number of rotatable bonds is 1. The molecule has 1 aromatic heterocycles. The Labute approximate surface area is 136 Å². The molecular formula is C18H22N4O. The lowest BCUT2D eigenvalue weighted by Crippen LogP contribution is -2.35. The standard InChI is InChI=1S/C18H22N4O/c1-13(23)21-11-9-17-15(12-21)18(19-20(17)2)22-10-5-7-14-6-3-4-8-16(14)22/h3-4,6,8H,5,7,9-12H2,1-2H3. The summed E-state index contributed by atoms with van der Waals surface area (Å²) in [5, 5.41) is 4.81. The first-order chi connectivity index (χ1) is 11.1. The molecule has 2 aliphatic rings. The van der Waals surface area contributed by atoms with E-state index in [1.54, 1.807) is 6.92 Å². The second kappa shape index (κ2) is 5.41. The van der Waals surface area contributed by atoms with Crippen LogP contribution >= 0.6 is 0 Å². The van der Waals surface area contributed by atoms with Crippen molar-refractivity contribution in [3.8, 4) is 0 Å². The average molecular weight is 310 g/mol. The SMILES string of the molecule is CC(=O)N1CCc2c(c(N3CCCc4ccccc43)nn2C)C1. The molecule has 2 aliphatic heterocycles. The molecule has 0 bridgehead atoms. The molecule has 0 aliphatic carbocycles. The van der Waals surface area contributed by atoms with Crippen molar-refractivity contribution in [1.82, 2.24) is 14.7 Å².